The average Bonchev–Trinajstić information content (AvgIpc) is 2.86. The molecule has 1 heterocycles. The Morgan fingerprint density at radius 3 is 2.85 bits per heavy atom. The summed E-state index contributed by atoms with van der Waals surface area (Å²) in [7, 11) is 3.54. The Morgan fingerprint density at radius 2 is 2.20 bits per heavy atom. The summed E-state index contributed by atoms with van der Waals surface area (Å²) < 4.78 is 13.4. The van der Waals surface area contributed by atoms with Crippen LogP contribution in [0.3, 0.4) is 0 Å². The van der Waals surface area contributed by atoms with E-state index >= 15 is 0 Å². The van der Waals surface area contributed by atoms with Gasteiger partial charge in [0.05, 0.1) is 6.04 Å². The fraction of sp³-hybridized carbons (Fsp3) is 0.533. The maximum absolute atomic E-state index is 13.4. The average molecular weight is 279 g/mol. The minimum Gasteiger partial charge on any atom is -0.347 e. The molecule has 1 fully saturated rings. The minimum atomic E-state index is -0.258. The molecular weight excluding hydrogens is 257 g/mol. The highest BCUT2D eigenvalue weighted by Gasteiger charge is 2.31. The number of benzene rings is 1. The smallest absolute Gasteiger partial charge is 0.239 e. The van der Waals surface area contributed by atoms with E-state index in [9.17, 15) is 9.18 Å². The number of nitrogens with zero attached hydrogens (tertiary/aromatic N) is 2. The minimum absolute atomic E-state index is 0.0982. The molecule has 4 nitrogen and oxygen atoms in total. The lowest BCUT2D eigenvalue weighted by Crippen LogP contribution is -2.42. The van der Waals surface area contributed by atoms with E-state index < -0.39 is 0 Å². The number of carbonyl (C=O) groups is 1. The predicted octanol–water partition coefficient (Wildman–Crippen LogP) is 1.34. The molecule has 20 heavy (non-hydrogen) atoms. The van der Waals surface area contributed by atoms with Crippen molar-refractivity contribution in [1.82, 2.24) is 9.80 Å². The fourth-order valence-corrected chi connectivity index (χ4v) is 2.75. The standard InChI is InChI=1S/C15H22FN3O/c1-18(2)15(20)14-4-3-7-19(14)10-12-8-13(16)6-5-11(12)9-17/h5-6,8,14H,3-4,7,9-10,17H2,1-2H3. The normalized spacial score (nSPS) is 19.3. The van der Waals surface area contributed by atoms with Gasteiger partial charge in [-0.3, -0.25) is 9.69 Å². The van der Waals surface area contributed by atoms with Crippen molar-refractivity contribution in [1.29, 1.82) is 0 Å². The van der Waals surface area contributed by atoms with Gasteiger partial charge in [-0.15, -0.1) is 0 Å². The molecule has 1 aliphatic rings. The van der Waals surface area contributed by atoms with Crippen molar-refractivity contribution in [3.8, 4) is 0 Å². The van der Waals surface area contributed by atoms with Crippen molar-refractivity contribution in [2.75, 3.05) is 20.6 Å². The second-order valence-electron chi connectivity index (χ2n) is 5.48. The van der Waals surface area contributed by atoms with Crippen molar-refractivity contribution < 1.29 is 9.18 Å². The number of hydrogen-bond acceptors (Lipinski definition) is 3. The van der Waals surface area contributed by atoms with Crippen LogP contribution in [0, 0.1) is 5.82 Å². The second kappa shape index (κ2) is 6.33. The van der Waals surface area contributed by atoms with E-state index in [4.69, 9.17) is 5.73 Å². The van der Waals surface area contributed by atoms with Crippen molar-refractivity contribution in [2.24, 2.45) is 5.73 Å². The maximum atomic E-state index is 13.4. The molecule has 0 spiro atoms. The van der Waals surface area contributed by atoms with Gasteiger partial charge < -0.3 is 10.6 Å². The van der Waals surface area contributed by atoms with Crippen LogP contribution in [0.2, 0.25) is 0 Å². The van der Waals surface area contributed by atoms with Gasteiger partial charge in [-0.25, -0.2) is 4.39 Å². The summed E-state index contributed by atoms with van der Waals surface area (Å²) in [5.41, 5.74) is 7.52. The monoisotopic (exact) mass is 279 g/mol. The van der Waals surface area contributed by atoms with Gasteiger partial charge in [-0.1, -0.05) is 6.07 Å². The zero-order valence-corrected chi connectivity index (χ0v) is 12.1. The Bertz CT molecular complexity index is 490. The van der Waals surface area contributed by atoms with Gasteiger partial charge in [0.25, 0.3) is 0 Å². The Kier molecular flexibility index (Phi) is 4.73. The molecule has 0 bridgehead atoms. The van der Waals surface area contributed by atoms with Crippen LogP contribution in [0.25, 0.3) is 0 Å². The molecule has 5 heteroatoms. The van der Waals surface area contributed by atoms with Gasteiger partial charge in [-0.05, 0) is 42.6 Å². The quantitative estimate of drug-likeness (QED) is 0.905. The van der Waals surface area contributed by atoms with Gasteiger partial charge in [0.15, 0.2) is 0 Å². The predicted molar refractivity (Wildman–Crippen MR) is 76.4 cm³/mol. The number of rotatable bonds is 4. The molecule has 2 N–H and O–H groups in total. The first-order chi connectivity index (χ1) is 9.52. The Morgan fingerprint density at radius 1 is 1.45 bits per heavy atom. The molecule has 0 aliphatic carbocycles. The number of hydrogen-bond donors (Lipinski definition) is 1. The number of likely N-dealkylation sites (N-methyl/N-ethyl adjacent to an activating group) is 1. The zero-order valence-electron chi connectivity index (χ0n) is 12.1. The molecule has 0 aromatic heterocycles. The largest absolute Gasteiger partial charge is 0.347 e. The fourth-order valence-electron chi connectivity index (χ4n) is 2.75. The highest BCUT2D eigenvalue weighted by atomic mass is 19.1. The van der Waals surface area contributed by atoms with Crippen LogP contribution in [0.1, 0.15) is 24.0 Å². The van der Waals surface area contributed by atoms with Crippen LogP contribution < -0.4 is 5.73 Å². The zero-order chi connectivity index (χ0) is 14.7. The van der Waals surface area contributed by atoms with Crippen LogP contribution in [0.5, 0.6) is 0 Å². The van der Waals surface area contributed by atoms with Crippen molar-refractivity contribution in [2.45, 2.75) is 32.0 Å². The molecule has 2 rings (SSSR count). The number of nitrogens with two attached hydrogens (primary N) is 1. The summed E-state index contributed by atoms with van der Waals surface area (Å²) in [5, 5.41) is 0. The van der Waals surface area contributed by atoms with Gasteiger partial charge in [0, 0.05) is 27.2 Å². The third-order valence-electron chi connectivity index (χ3n) is 3.85. The first kappa shape index (κ1) is 14.9. The number of likely N-dealkylation sites (tertiary alicyclic amines) is 1. The Balaban J connectivity index is 2.16. The van der Waals surface area contributed by atoms with Crippen molar-refractivity contribution in [3.63, 3.8) is 0 Å². The summed E-state index contributed by atoms with van der Waals surface area (Å²) >= 11 is 0. The lowest BCUT2D eigenvalue weighted by atomic mass is 10.1. The highest BCUT2D eigenvalue weighted by molar-refractivity contribution is 5.81. The van der Waals surface area contributed by atoms with E-state index in [1.165, 1.54) is 12.1 Å². The molecule has 1 aliphatic heterocycles. The van der Waals surface area contributed by atoms with E-state index in [0.717, 1.165) is 30.5 Å². The van der Waals surface area contributed by atoms with E-state index in [-0.39, 0.29) is 17.8 Å². The topological polar surface area (TPSA) is 49.6 Å². The second-order valence-corrected chi connectivity index (χ2v) is 5.48. The van der Waals surface area contributed by atoms with Crippen LogP contribution in [0.4, 0.5) is 4.39 Å². The summed E-state index contributed by atoms with van der Waals surface area (Å²) in [5.74, 6) is -0.139. The van der Waals surface area contributed by atoms with Crippen LogP contribution in [0.15, 0.2) is 18.2 Å². The third-order valence-corrected chi connectivity index (χ3v) is 3.85. The summed E-state index contributed by atoms with van der Waals surface area (Å²) in [6, 6.07) is 4.58. The lowest BCUT2D eigenvalue weighted by molar-refractivity contribution is -0.133. The molecular formula is C15H22FN3O. The number of carbonyl (C=O) groups excluding carboxylic acids is 1. The molecule has 110 valence electrons. The molecule has 1 unspecified atom stereocenters. The first-order valence-electron chi connectivity index (χ1n) is 6.95. The van der Waals surface area contributed by atoms with E-state index in [1.807, 2.05) is 0 Å². The summed E-state index contributed by atoms with van der Waals surface area (Å²) in [6.45, 7) is 1.83. The van der Waals surface area contributed by atoms with Gasteiger partial charge >= 0.3 is 0 Å². The Hall–Kier alpha value is -1.46. The molecule has 1 amide bonds. The molecule has 1 atom stereocenters. The number of halogens is 1. The van der Waals surface area contributed by atoms with Gasteiger partial charge in [0.1, 0.15) is 5.82 Å². The summed E-state index contributed by atoms with van der Waals surface area (Å²) in [6.07, 6.45) is 1.86. The van der Waals surface area contributed by atoms with Crippen LogP contribution >= 0.6 is 0 Å². The SMILES string of the molecule is CN(C)C(=O)C1CCCN1Cc1cc(F)ccc1CN. The Labute approximate surface area is 119 Å². The first-order valence-corrected chi connectivity index (χ1v) is 6.95. The van der Waals surface area contributed by atoms with Crippen LogP contribution in [-0.2, 0) is 17.9 Å². The lowest BCUT2D eigenvalue weighted by Gasteiger charge is -2.26. The molecule has 0 saturated carbocycles. The number of amides is 1. The van der Waals surface area contributed by atoms with Crippen molar-refractivity contribution in [3.05, 3.63) is 35.1 Å². The maximum Gasteiger partial charge on any atom is 0.239 e. The molecule has 1 aromatic carbocycles. The third kappa shape index (κ3) is 3.16. The van der Waals surface area contributed by atoms with E-state index in [1.54, 1.807) is 25.1 Å². The summed E-state index contributed by atoms with van der Waals surface area (Å²) in [4.78, 5) is 15.9. The molecule has 0 radical (unpaired) electrons. The van der Waals surface area contributed by atoms with E-state index in [2.05, 4.69) is 4.90 Å². The van der Waals surface area contributed by atoms with Crippen molar-refractivity contribution >= 4 is 5.91 Å². The highest BCUT2D eigenvalue weighted by Crippen LogP contribution is 2.23. The molecule has 1 aromatic rings. The van der Waals surface area contributed by atoms with E-state index in [0.29, 0.717) is 13.1 Å². The van der Waals surface area contributed by atoms with Gasteiger partial charge in [0.2, 0.25) is 5.91 Å². The van der Waals surface area contributed by atoms with Gasteiger partial charge in [-0.2, -0.15) is 0 Å². The molecule has 1 saturated heterocycles. The van der Waals surface area contributed by atoms with Crippen LogP contribution in [-0.4, -0.2) is 42.4 Å².